The lowest BCUT2D eigenvalue weighted by Crippen LogP contribution is -2.12. The van der Waals surface area contributed by atoms with Gasteiger partial charge in [-0.1, -0.05) is 17.3 Å². The van der Waals surface area contributed by atoms with E-state index in [-0.39, 0.29) is 11.4 Å². The van der Waals surface area contributed by atoms with Crippen LogP contribution in [0.4, 0.5) is 13.2 Å². The van der Waals surface area contributed by atoms with Crippen LogP contribution in [0.2, 0.25) is 0 Å². The summed E-state index contributed by atoms with van der Waals surface area (Å²) in [7, 11) is 0. The maximum Gasteiger partial charge on any atom is 0.433 e. The van der Waals surface area contributed by atoms with E-state index in [0.717, 1.165) is 16.8 Å². The molecule has 0 spiro atoms. The molecule has 2 aromatic heterocycles. The highest BCUT2D eigenvalue weighted by atomic mass is 19.4. The van der Waals surface area contributed by atoms with Crippen molar-refractivity contribution in [3.8, 4) is 11.9 Å². The smallest absolute Gasteiger partial charge is 0.223 e. The Morgan fingerprint density at radius 1 is 1.10 bits per heavy atom. The van der Waals surface area contributed by atoms with Gasteiger partial charge in [-0.25, -0.2) is 4.98 Å². The number of benzene rings is 1. The summed E-state index contributed by atoms with van der Waals surface area (Å²) in [6.45, 7) is 0. The van der Waals surface area contributed by atoms with Gasteiger partial charge in [-0.05, 0) is 24.3 Å². The van der Waals surface area contributed by atoms with Crippen LogP contribution in [0.25, 0.3) is 16.9 Å². The zero-order valence-electron chi connectivity index (χ0n) is 10.3. The van der Waals surface area contributed by atoms with E-state index in [9.17, 15) is 13.2 Å². The molecule has 2 heterocycles. The third kappa shape index (κ3) is 2.18. The summed E-state index contributed by atoms with van der Waals surface area (Å²) in [5, 5.41) is 16.7. The highest BCUT2D eigenvalue weighted by molar-refractivity contribution is 5.76. The van der Waals surface area contributed by atoms with Crippen molar-refractivity contribution in [3.05, 3.63) is 47.7 Å². The van der Waals surface area contributed by atoms with Gasteiger partial charge in [0.1, 0.15) is 17.3 Å². The van der Waals surface area contributed by atoms with Crippen LogP contribution in [0.5, 0.6) is 0 Å². The van der Waals surface area contributed by atoms with Crippen LogP contribution >= 0.6 is 0 Å². The van der Waals surface area contributed by atoms with E-state index >= 15 is 0 Å². The van der Waals surface area contributed by atoms with Gasteiger partial charge in [0.2, 0.25) is 0 Å². The Balaban J connectivity index is 2.28. The quantitative estimate of drug-likeness (QED) is 0.690. The number of alkyl halides is 3. The van der Waals surface area contributed by atoms with Gasteiger partial charge >= 0.3 is 6.18 Å². The average molecular weight is 289 g/mol. The van der Waals surface area contributed by atoms with E-state index in [2.05, 4.69) is 15.3 Å². The molecule has 0 atom stereocenters. The Hall–Kier alpha value is -2.95. The van der Waals surface area contributed by atoms with Crippen molar-refractivity contribution in [2.24, 2.45) is 0 Å². The Labute approximate surface area is 116 Å². The molecule has 0 aliphatic carbocycles. The molecule has 3 rings (SSSR count). The van der Waals surface area contributed by atoms with Crippen LogP contribution in [0, 0.1) is 11.3 Å². The highest BCUT2D eigenvalue weighted by Gasteiger charge is 2.33. The third-order valence-corrected chi connectivity index (χ3v) is 2.84. The summed E-state index contributed by atoms with van der Waals surface area (Å²) in [6, 6.07) is 10.4. The largest absolute Gasteiger partial charge is 0.433 e. The van der Waals surface area contributed by atoms with Gasteiger partial charge < -0.3 is 0 Å². The van der Waals surface area contributed by atoms with Crippen molar-refractivity contribution >= 4 is 11.0 Å². The molecule has 8 heteroatoms. The number of fused-ring (bicyclic) bond motifs is 1. The van der Waals surface area contributed by atoms with Gasteiger partial charge in [0.25, 0.3) is 0 Å². The molecule has 0 unspecified atom stereocenters. The van der Waals surface area contributed by atoms with Crippen LogP contribution in [0.15, 0.2) is 36.4 Å². The van der Waals surface area contributed by atoms with E-state index in [1.807, 2.05) is 6.07 Å². The first-order chi connectivity index (χ1) is 10.0. The minimum Gasteiger partial charge on any atom is -0.223 e. The van der Waals surface area contributed by atoms with Crippen LogP contribution in [0.1, 0.15) is 11.3 Å². The predicted octanol–water partition coefficient (Wildman–Crippen LogP) is 2.71. The number of halogens is 3. The molecule has 5 nitrogen and oxygen atoms in total. The number of pyridine rings is 1. The first-order valence-electron chi connectivity index (χ1n) is 5.80. The maximum atomic E-state index is 12.8. The Kier molecular flexibility index (Phi) is 2.83. The second-order valence-electron chi connectivity index (χ2n) is 4.17. The van der Waals surface area contributed by atoms with E-state index in [4.69, 9.17) is 5.26 Å². The molecule has 0 bridgehead atoms. The molecule has 0 fully saturated rings. The number of para-hydroxylation sites is 1. The molecule has 0 amide bonds. The number of nitriles is 1. The molecular formula is C13H6F3N5. The lowest BCUT2D eigenvalue weighted by atomic mass is 10.2. The maximum absolute atomic E-state index is 12.8. The molecule has 0 radical (unpaired) electrons. The topological polar surface area (TPSA) is 67.4 Å². The molecule has 3 aromatic rings. The van der Waals surface area contributed by atoms with Crippen LogP contribution in [-0.4, -0.2) is 20.0 Å². The lowest BCUT2D eigenvalue weighted by molar-refractivity contribution is -0.141. The van der Waals surface area contributed by atoms with Crippen LogP contribution in [0.3, 0.4) is 0 Å². The monoisotopic (exact) mass is 289 g/mol. The van der Waals surface area contributed by atoms with Crippen LogP contribution in [-0.2, 0) is 6.18 Å². The van der Waals surface area contributed by atoms with Gasteiger partial charge in [0, 0.05) is 0 Å². The fourth-order valence-corrected chi connectivity index (χ4v) is 1.88. The van der Waals surface area contributed by atoms with Crippen LogP contribution < -0.4 is 0 Å². The molecule has 0 N–H and O–H groups in total. The number of nitrogens with zero attached hydrogens (tertiary/aromatic N) is 5. The molecule has 104 valence electrons. The van der Waals surface area contributed by atoms with Gasteiger partial charge in [-0.3, -0.25) is 0 Å². The van der Waals surface area contributed by atoms with Crippen molar-refractivity contribution in [2.75, 3.05) is 0 Å². The predicted molar refractivity (Wildman–Crippen MR) is 66.4 cm³/mol. The van der Waals surface area contributed by atoms with Gasteiger partial charge in [-0.15, -0.1) is 5.10 Å². The third-order valence-electron chi connectivity index (χ3n) is 2.84. The Morgan fingerprint density at radius 3 is 2.57 bits per heavy atom. The fourth-order valence-electron chi connectivity index (χ4n) is 1.88. The summed E-state index contributed by atoms with van der Waals surface area (Å²) in [5.41, 5.74) is -0.129. The van der Waals surface area contributed by atoms with E-state index < -0.39 is 11.9 Å². The van der Waals surface area contributed by atoms with E-state index in [0.29, 0.717) is 11.0 Å². The van der Waals surface area contributed by atoms with Gasteiger partial charge in [0.15, 0.2) is 5.82 Å². The Morgan fingerprint density at radius 2 is 1.86 bits per heavy atom. The first kappa shape index (κ1) is 13.1. The normalized spacial score (nSPS) is 11.5. The summed E-state index contributed by atoms with van der Waals surface area (Å²) < 4.78 is 39.4. The number of hydrogen-bond acceptors (Lipinski definition) is 4. The minimum atomic E-state index is -4.60. The summed E-state index contributed by atoms with van der Waals surface area (Å²) in [4.78, 5) is 3.52. The molecule has 0 aliphatic rings. The minimum absolute atomic E-state index is 0.0151. The lowest BCUT2D eigenvalue weighted by Gasteiger charge is -2.09. The first-order valence-corrected chi connectivity index (χ1v) is 5.80. The average Bonchev–Trinajstić information content (AvgIpc) is 2.89. The van der Waals surface area contributed by atoms with Crippen molar-refractivity contribution in [1.82, 2.24) is 20.0 Å². The highest BCUT2D eigenvalue weighted by Crippen LogP contribution is 2.29. The number of rotatable bonds is 1. The van der Waals surface area contributed by atoms with E-state index in [1.54, 1.807) is 24.3 Å². The molecule has 0 aliphatic heterocycles. The number of aromatic nitrogens is 4. The zero-order valence-corrected chi connectivity index (χ0v) is 10.3. The SMILES string of the molecule is N#Cc1ccc(C(F)(F)F)nc1-n1nnc2ccccc21. The second kappa shape index (κ2) is 4.56. The summed E-state index contributed by atoms with van der Waals surface area (Å²) in [5.74, 6) is -0.193. The van der Waals surface area contributed by atoms with Gasteiger partial charge in [-0.2, -0.15) is 23.1 Å². The molecule has 0 saturated heterocycles. The number of hydrogen-bond donors (Lipinski definition) is 0. The molecule has 21 heavy (non-hydrogen) atoms. The summed E-state index contributed by atoms with van der Waals surface area (Å²) >= 11 is 0. The zero-order chi connectivity index (χ0) is 15.0. The molecular weight excluding hydrogens is 283 g/mol. The Bertz CT molecular complexity index is 860. The van der Waals surface area contributed by atoms with Crippen molar-refractivity contribution in [3.63, 3.8) is 0 Å². The standard InChI is InChI=1S/C13H6F3N5/c14-13(15,16)11-6-5-8(7-17)12(18-11)21-10-4-2-1-3-9(10)19-20-21/h1-6H. The van der Waals surface area contributed by atoms with Crippen molar-refractivity contribution in [2.45, 2.75) is 6.18 Å². The molecule has 1 aromatic carbocycles. The molecule has 0 saturated carbocycles. The van der Waals surface area contributed by atoms with E-state index in [1.165, 1.54) is 0 Å². The second-order valence-corrected chi connectivity index (χ2v) is 4.17. The fraction of sp³-hybridized carbons (Fsp3) is 0.0769. The summed E-state index contributed by atoms with van der Waals surface area (Å²) in [6.07, 6.45) is -4.60. The van der Waals surface area contributed by atoms with Crippen molar-refractivity contribution < 1.29 is 13.2 Å². The van der Waals surface area contributed by atoms with Crippen molar-refractivity contribution in [1.29, 1.82) is 5.26 Å². The van der Waals surface area contributed by atoms with Gasteiger partial charge in [0.05, 0.1) is 11.1 Å².